The van der Waals surface area contributed by atoms with Crippen LogP contribution >= 0.6 is 0 Å². The zero-order valence-corrected chi connectivity index (χ0v) is 8.99. The van der Waals surface area contributed by atoms with Gasteiger partial charge in [0, 0.05) is 0 Å². The number of esters is 1. The lowest BCUT2D eigenvalue weighted by molar-refractivity contribution is -0.137. The highest BCUT2D eigenvalue weighted by molar-refractivity contribution is 5.85. The summed E-state index contributed by atoms with van der Waals surface area (Å²) in [6.45, 7) is 3.91. The predicted octanol–water partition coefficient (Wildman–Crippen LogP) is 3.01. The highest BCUT2D eigenvalue weighted by Crippen LogP contribution is 2.36. The summed E-state index contributed by atoms with van der Waals surface area (Å²) in [5.41, 5.74) is 2.13. The van der Waals surface area contributed by atoms with Crippen LogP contribution in [0.25, 0.3) is 0 Å². The van der Waals surface area contributed by atoms with Gasteiger partial charge < -0.3 is 4.74 Å². The molecule has 1 aliphatic heterocycles. The number of carbonyl (C=O) groups is 1. The highest BCUT2D eigenvalue weighted by atomic mass is 16.5. The van der Waals surface area contributed by atoms with E-state index in [1.54, 1.807) is 0 Å². The van der Waals surface area contributed by atoms with Gasteiger partial charge >= 0.3 is 5.97 Å². The fraction of sp³-hybridized carbons (Fsp3) is 0.308. The van der Waals surface area contributed by atoms with Crippen LogP contribution in [0.5, 0.6) is 0 Å². The van der Waals surface area contributed by atoms with Gasteiger partial charge in [-0.2, -0.15) is 0 Å². The molecule has 0 aliphatic carbocycles. The van der Waals surface area contributed by atoms with Gasteiger partial charge in [-0.15, -0.1) is 0 Å². The van der Waals surface area contributed by atoms with Crippen LogP contribution in [0.3, 0.4) is 0 Å². The third-order valence-corrected chi connectivity index (χ3v) is 2.80. The van der Waals surface area contributed by atoms with Crippen molar-refractivity contribution < 1.29 is 9.53 Å². The second-order valence-electron chi connectivity index (χ2n) is 3.70. The zero-order valence-electron chi connectivity index (χ0n) is 8.99. The lowest BCUT2D eigenvalue weighted by Gasteiger charge is -2.09. The Morgan fingerprint density at radius 2 is 1.93 bits per heavy atom. The van der Waals surface area contributed by atoms with Crippen molar-refractivity contribution in [2.24, 2.45) is 0 Å². The van der Waals surface area contributed by atoms with Crippen molar-refractivity contribution >= 4 is 5.97 Å². The molecule has 0 unspecified atom stereocenters. The second-order valence-corrected chi connectivity index (χ2v) is 3.70. The number of hydrogen-bond donors (Lipinski definition) is 0. The maximum atomic E-state index is 11.7. The molecule has 1 atom stereocenters. The molecule has 0 spiro atoms. The summed E-state index contributed by atoms with van der Waals surface area (Å²) in [5.74, 6) is 0.447. The fourth-order valence-electron chi connectivity index (χ4n) is 2.06. The summed E-state index contributed by atoms with van der Waals surface area (Å²) in [6.07, 6.45) is 0.858. The van der Waals surface area contributed by atoms with E-state index in [1.165, 1.54) is 0 Å². The summed E-state index contributed by atoms with van der Waals surface area (Å²) < 4.78 is 5.17. The van der Waals surface area contributed by atoms with Crippen LogP contribution < -0.4 is 0 Å². The van der Waals surface area contributed by atoms with E-state index in [4.69, 9.17) is 4.74 Å². The van der Waals surface area contributed by atoms with Crippen LogP contribution in [0.4, 0.5) is 0 Å². The first kappa shape index (κ1) is 9.97. The van der Waals surface area contributed by atoms with Gasteiger partial charge in [-0.1, -0.05) is 37.3 Å². The van der Waals surface area contributed by atoms with Crippen molar-refractivity contribution in [3.63, 3.8) is 0 Å². The first-order chi connectivity index (χ1) is 7.24. The van der Waals surface area contributed by atoms with Crippen LogP contribution in [-0.2, 0) is 9.53 Å². The van der Waals surface area contributed by atoms with Crippen molar-refractivity contribution in [1.29, 1.82) is 0 Å². The summed E-state index contributed by atoms with van der Waals surface area (Å²) in [4.78, 5) is 11.7. The van der Waals surface area contributed by atoms with Gasteiger partial charge in [0.25, 0.3) is 0 Å². The molecule has 2 heteroatoms. The van der Waals surface area contributed by atoms with Crippen molar-refractivity contribution in [1.82, 2.24) is 0 Å². The minimum Gasteiger partial charge on any atom is -0.431 e. The Hall–Kier alpha value is -1.57. The second kappa shape index (κ2) is 3.89. The minimum atomic E-state index is -0.184. The summed E-state index contributed by atoms with van der Waals surface area (Å²) in [7, 11) is 0. The van der Waals surface area contributed by atoms with Crippen LogP contribution in [-0.4, -0.2) is 5.97 Å². The first-order valence-electron chi connectivity index (χ1n) is 5.20. The van der Waals surface area contributed by atoms with E-state index in [0.717, 1.165) is 23.3 Å². The molecule has 1 aliphatic rings. The van der Waals surface area contributed by atoms with Crippen LogP contribution in [0.1, 0.15) is 31.7 Å². The summed E-state index contributed by atoms with van der Waals surface area (Å²) in [6, 6.07) is 9.79. The van der Waals surface area contributed by atoms with Gasteiger partial charge in [0.15, 0.2) is 0 Å². The molecule has 0 saturated heterocycles. The molecule has 1 aromatic rings. The van der Waals surface area contributed by atoms with Crippen molar-refractivity contribution in [2.75, 3.05) is 0 Å². The Morgan fingerprint density at radius 1 is 1.27 bits per heavy atom. The molecule has 0 bridgehead atoms. The Balaban J connectivity index is 2.41. The molecule has 2 rings (SSSR count). The maximum absolute atomic E-state index is 11.7. The van der Waals surface area contributed by atoms with Gasteiger partial charge in [-0.3, -0.25) is 4.79 Å². The number of rotatable bonds is 2. The lowest BCUT2D eigenvalue weighted by atomic mass is 9.91. The normalized spacial score (nSPS) is 20.7. The average molecular weight is 202 g/mol. The molecular formula is C13H14O2. The number of ether oxygens (including phenoxy) is 1. The van der Waals surface area contributed by atoms with E-state index in [2.05, 4.69) is 6.92 Å². The van der Waals surface area contributed by atoms with E-state index >= 15 is 0 Å². The molecule has 15 heavy (non-hydrogen) atoms. The number of cyclic esters (lactones) is 1. The monoisotopic (exact) mass is 202 g/mol. The van der Waals surface area contributed by atoms with Gasteiger partial charge in [0.2, 0.25) is 0 Å². The average Bonchev–Trinajstić information content (AvgIpc) is 2.54. The molecule has 1 aromatic carbocycles. The lowest BCUT2D eigenvalue weighted by Crippen LogP contribution is -2.09. The van der Waals surface area contributed by atoms with Gasteiger partial charge in [0.05, 0.1) is 0 Å². The molecule has 0 amide bonds. The summed E-state index contributed by atoms with van der Waals surface area (Å²) in [5, 5.41) is 0. The van der Waals surface area contributed by atoms with Gasteiger partial charge in [0.1, 0.15) is 11.7 Å². The molecule has 0 fully saturated rings. The quantitative estimate of drug-likeness (QED) is 0.689. The Kier molecular flexibility index (Phi) is 2.58. The third kappa shape index (κ3) is 1.67. The topological polar surface area (TPSA) is 26.3 Å². The molecule has 0 N–H and O–H groups in total. The molecule has 0 aromatic heterocycles. The Labute approximate surface area is 89.6 Å². The van der Waals surface area contributed by atoms with Gasteiger partial charge in [-0.05, 0) is 24.5 Å². The molecule has 0 radical (unpaired) electrons. The largest absolute Gasteiger partial charge is 0.431 e. The van der Waals surface area contributed by atoms with E-state index in [9.17, 15) is 4.79 Å². The van der Waals surface area contributed by atoms with Crippen LogP contribution in [0.15, 0.2) is 41.7 Å². The van der Waals surface area contributed by atoms with Crippen LogP contribution in [0, 0.1) is 0 Å². The van der Waals surface area contributed by atoms with E-state index in [1.807, 2.05) is 37.3 Å². The Bertz CT molecular complexity index is 404. The maximum Gasteiger partial charge on any atom is 0.322 e. The molecular weight excluding hydrogens is 188 g/mol. The highest BCUT2D eigenvalue weighted by Gasteiger charge is 2.33. The smallest absolute Gasteiger partial charge is 0.322 e. The Morgan fingerprint density at radius 3 is 2.53 bits per heavy atom. The standard InChI is InChI=1S/C13H14O2/c1-3-11-9(2)15-13(14)12(11)10-7-5-4-6-8-10/h4-8,12H,3H2,1-2H3/t12-/m1/s1. The van der Waals surface area contributed by atoms with Crippen molar-refractivity contribution in [3.8, 4) is 0 Å². The molecule has 0 saturated carbocycles. The molecule has 78 valence electrons. The predicted molar refractivity (Wildman–Crippen MR) is 58.3 cm³/mol. The van der Waals surface area contributed by atoms with E-state index in [0.29, 0.717) is 0 Å². The SMILES string of the molecule is CCC1=C(C)OC(=O)[C@@H]1c1ccccc1. The molecule has 2 nitrogen and oxygen atoms in total. The van der Waals surface area contributed by atoms with Crippen molar-refractivity contribution in [3.05, 3.63) is 47.2 Å². The third-order valence-electron chi connectivity index (χ3n) is 2.80. The number of benzene rings is 1. The van der Waals surface area contributed by atoms with E-state index < -0.39 is 0 Å². The zero-order chi connectivity index (χ0) is 10.8. The van der Waals surface area contributed by atoms with E-state index in [-0.39, 0.29) is 11.9 Å². The minimum absolute atomic E-state index is 0.143. The number of allylic oxidation sites excluding steroid dienone is 1. The first-order valence-corrected chi connectivity index (χ1v) is 5.20. The van der Waals surface area contributed by atoms with Gasteiger partial charge in [-0.25, -0.2) is 0 Å². The van der Waals surface area contributed by atoms with Crippen LogP contribution in [0.2, 0.25) is 0 Å². The molecule has 1 heterocycles. The van der Waals surface area contributed by atoms with Crippen molar-refractivity contribution in [2.45, 2.75) is 26.2 Å². The number of hydrogen-bond acceptors (Lipinski definition) is 2. The number of carbonyl (C=O) groups excluding carboxylic acids is 1. The summed E-state index contributed by atoms with van der Waals surface area (Å²) >= 11 is 0. The fourth-order valence-corrected chi connectivity index (χ4v) is 2.06.